The zero-order valence-electron chi connectivity index (χ0n) is 11.4. The lowest BCUT2D eigenvalue weighted by Crippen LogP contribution is -2.29. The van der Waals surface area contributed by atoms with Crippen molar-refractivity contribution in [2.45, 2.75) is 31.9 Å². The molecule has 0 bridgehead atoms. The first kappa shape index (κ1) is 15.1. The van der Waals surface area contributed by atoms with Gasteiger partial charge in [-0.1, -0.05) is 12.1 Å². The molecule has 0 amide bonds. The lowest BCUT2D eigenvalue weighted by Gasteiger charge is -2.26. The van der Waals surface area contributed by atoms with Crippen molar-refractivity contribution in [1.82, 2.24) is 5.32 Å². The van der Waals surface area contributed by atoms with Gasteiger partial charge in [-0.15, -0.1) is 13.2 Å². The zero-order valence-corrected chi connectivity index (χ0v) is 11.4. The average Bonchev–Trinajstić information content (AvgIpc) is 2.75. The van der Waals surface area contributed by atoms with Gasteiger partial charge in [0.15, 0.2) is 0 Å². The molecule has 0 saturated carbocycles. The van der Waals surface area contributed by atoms with Gasteiger partial charge in [-0.05, 0) is 38.1 Å². The Labute approximate surface area is 116 Å². The molecule has 1 heterocycles. The molecular weight excluding hydrogens is 271 g/mol. The van der Waals surface area contributed by atoms with Crippen LogP contribution in [0.1, 0.15) is 24.9 Å². The molecule has 3 unspecified atom stereocenters. The number of nitrogens with one attached hydrogen (secondary N) is 1. The predicted octanol–water partition coefficient (Wildman–Crippen LogP) is 3.27. The molecule has 0 aromatic heterocycles. The van der Waals surface area contributed by atoms with E-state index >= 15 is 0 Å². The van der Waals surface area contributed by atoms with Crippen LogP contribution in [0.15, 0.2) is 24.3 Å². The largest absolute Gasteiger partial charge is 0.573 e. The monoisotopic (exact) mass is 289 g/mol. The van der Waals surface area contributed by atoms with E-state index in [0.717, 1.165) is 12.0 Å². The third-order valence-electron chi connectivity index (χ3n) is 3.62. The summed E-state index contributed by atoms with van der Waals surface area (Å²) >= 11 is 0. The normalized spacial score (nSPS) is 24.6. The third-order valence-corrected chi connectivity index (χ3v) is 3.62. The third kappa shape index (κ3) is 3.64. The van der Waals surface area contributed by atoms with E-state index in [9.17, 15) is 13.2 Å². The van der Waals surface area contributed by atoms with E-state index in [0.29, 0.717) is 6.61 Å². The van der Waals surface area contributed by atoms with E-state index in [1.807, 2.05) is 6.92 Å². The molecule has 1 fully saturated rings. The Hall–Kier alpha value is -1.27. The summed E-state index contributed by atoms with van der Waals surface area (Å²) in [6.07, 6.45) is -3.70. The lowest BCUT2D eigenvalue weighted by atomic mass is 9.88. The van der Waals surface area contributed by atoms with Gasteiger partial charge >= 0.3 is 6.36 Å². The minimum absolute atomic E-state index is 0.0516. The van der Waals surface area contributed by atoms with Crippen LogP contribution in [0.25, 0.3) is 0 Å². The van der Waals surface area contributed by atoms with Gasteiger partial charge in [0, 0.05) is 18.6 Å². The van der Waals surface area contributed by atoms with Crippen molar-refractivity contribution in [3.05, 3.63) is 29.8 Å². The maximum atomic E-state index is 12.3. The van der Waals surface area contributed by atoms with Crippen LogP contribution in [0.5, 0.6) is 5.75 Å². The molecule has 1 aromatic rings. The first-order valence-electron chi connectivity index (χ1n) is 6.55. The number of alkyl halides is 3. The lowest BCUT2D eigenvalue weighted by molar-refractivity contribution is -0.274. The minimum atomic E-state index is -4.67. The Morgan fingerprint density at radius 1 is 1.40 bits per heavy atom. The Kier molecular flexibility index (Phi) is 4.55. The van der Waals surface area contributed by atoms with Crippen LogP contribution < -0.4 is 10.1 Å². The van der Waals surface area contributed by atoms with Gasteiger partial charge < -0.3 is 14.8 Å². The Balaban J connectivity index is 2.19. The summed E-state index contributed by atoms with van der Waals surface area (Å²) in [5.74, 6) is 0.0444. The first-order valence-corrected chi connectivity index (χ1v) is 6.55. The molecule has 3 nitrogen and oxygen atoms in total. The van der Waals surface area contributed by atoms with Crippen molar-refractivity contribution in [1.29, 1.82) is 0 Å². The van der Waals surface area contributed by atoms with Crippen LogP contribution in [-0.2, 0) is 4.74 Å². The summed E-state index contributed by atoms with van der Waals surface area (Å²) < 4.78 is 46.3. The molecule has 0 radical (unpaired) electrons. The summed E-state index contributed by atoms with van der Waals surface area (Å²) in [4.78, 5) is 0. The van der Waals surface area contributed by atoms with Crippen molar-refractivity contribution >= 4 is 0 Å². The van der Waals surface area contributed by atoms with Gasteiger partial charge in [-0.3, -0.25) is 0 Å². The zero-order chi connectivity index (χ0) is 14.8. The highest BCUT2D eigenvalue weighted by Crippen LogP contribution is 2.34. The highest BCUT2D eigenvalue weighted by molar-refractivity contribution is 5.31. The maximum absolute atomic E-state index is 12.3. The van der Waals surface area contributed by atoms with E-state index in [1.165, 1.54) is 12.1 Å². The molecule has 0 aliphatic carbocycles. The van der Waals surface area contributed by atoms with Crippen LogP contribution in [0.4, 0.5) is 13.2 Å². The molecule has 1 aliphatic rings. The molecule has 6 heteroatoms. The number of ether oxygens (including phenoxy) is 2. The Morgan fingerprint density at radius 3 is 2.70 bits per heavy atom. The molecule has 20 heavy (non-hydrogen) atoms. The molecule has 2 rings (SSSR count). The minimum Gasteiger partial charge on any atom is -0.406 e. The molecular formula is C14H18F3NO2. The van der Waals surface area contributed by atoms with E-state index in [4.69, 9.17) is 4.74 Å². The molecule has 3 atom stereocenters. The fourth-order valence-corrected chi connectivity index (χ4v) is 2.72. The fourth-order valence-electron chi connectivity index (χ4n) is 2.72. The van der Waals surface area contributed by atoms with E-state index in [-0.39, 0.29) is 23.8 Å². The number of rotatable bonds is 4. The van der Waals surface area contributed by atoms with Crippen LogP contribution in [-0.4, -0.2) is 26.1 Å². The van der Waals surface area contributed by atoms with Gasteiger partial charge in [-0.2, -0.15) is 0 Å². The summed E-state index contributed by atoms with van der Waals surface area (Å²) in [5, 5.41) is 3.16. The van der Waals surface area contributed by atoms with Crippen LogP contribution >= 0.6 is 0 Å². The standard InChI is InChI=1S/C14H18F3NO2/c1-9-12(6-7-19-9)13(18-2)10-4-3-5-11(8-10)20-14(15,16)17/h3-5,8-9,12-13,18H,6-7H2,1-2H3. The highest BCUT2D eigenvalue weighted by Gasteiger charge is 2.33. The van der Waals surface area contributed by atoms with Gasteiger partial charge in [-0.25, -0.2) is 0 Å². The summed E-state index contributed by atoms with van der Waals surface area (Å²) in [5.41, 5.74) is 0.775. The Morgan fingerprint density at radius 2 is 2.15 bits per heavy atom. The SMILES string of the molecule is CNC(c1cccc(OC(F)(F)F)c1)C1CCOC1C. The van der Waals surface area contributed by atoms with Gasteiger partial charge in [0.2, 0.25) is 0 Å². The predicted molar refractivity (Wildman–Crippen MR) is 68.4 cm³/mol. The van der Waals surface area contributed by atoms with Crippen molar-refractivity contribution in [3.63, 3.8) is 0 Å². The number of benzene rings is 1. The second-order valence-corrected chi connectivity index (χ2v) is 4.92. The van der Waals surface area contributed by atoms with Gasteiger partial charge in [0.25, 0.3) is 0 Å². The van der Waals surface area contributed by atoms with Crippen molar-refractivity contribution < 1.29 is 22.6 Å². The quantitative estimate of drug-likeness (QED) is 0.922. The Bertz CT molecular complexity index is 450. The summed E-state index contributed by atoms with van der Waals surface area (Å²) in [6.45, 7) is 2.67. The summed E-state index contributed by atoms with van der Waals surface area (Å²) in [7, 11) is 1.80. The number of hydrogen-bond donors (Lipinski definition) is 1. The smallest absolute Gasteiger partial charge is 0.406 e. The van der Waals surface area contributed by atoms with Crippen LogP contribution in [0.3, 0.4) is 0 Å². The number of hydrogen-bond acceptors (Lipinski definition) is 3. The van der Waals surface area contributed by atoms with E-state index in [1.54, 1.807) is 19.2 Å². The molecule has 1 N–H and O–H groups in total. The molecule has 0 spiro atoms. The molecule has 1 aromatic carbocycles. The molecule has 112 valence electrons. The molecule has 1 saturated heterocycles. The first-order chi connectivity index (χ1) is 9.40. The van der Waals surface area contributed by atoms with Crippen molar-refractivity contribution in [2.75, 3.05) is 13.7 Å². The van der Waals surface area contributed by atoms with Gasteiger partial charge in [0.1, 0.15) is 5.75 Å². The average molecular weight is 289 g/mol. The highest BCUT2D eigenvalue weighted by atomic mass is 19.4. The van der Waals surface area contributed by atoms with E-state index in [2.05, 4.69) is 10.1 Å². The summed E-state index contributed by atoms with van der Waals surface area (Å²) in [6, 6.07) is 6.05. The maximum Gasteiger partial charge on any atom is 0.573 e. The van der Waals surface area contributed by atoms with Gasteiger partial charge in [0.05, 0.1) is 6.10 Å². The van der Waals surface area contributed by atoms with Crippen LogP contribution in [0, 0.1) is 5.92 Å². The van der Waals surface area contributed by atoms with Crippen LogP contribution in [0.2, 0.25) is 0 Å². The fraction of sp³-hybridized carbons (Fsp3) is 0.571. The number of halogens is 3. The second-order valence-electron chi connectivity index (χ2n) is 4.92. The topological polar surface area (TPSA) is 30.5 Å². The second kappa shape index (κ2) is 6.01. The van der Waals surface area contributed by atoms with E-state index < -0.39 is 6.36 Å². The molecule has 1 aliphatic heterocycles. The van der Waals surface area contributed by atoms with Crippen molar-refractivity contribution in [3.8, 4) is 5.75 Å². The van der Waals surface area contributed by atoms with Crippen molar-refractivity contribution in [2.24, 2.45) is 5.92 Å².